The van der Waals surface area contributed by atoms with Crippen molar-refractivity contribution in [2.45, 2.75) is 9.96 Å². The summed E-state index contributed by atoms with van der Waals surface area (Å²) in [6.07, 6.45) is -1.06. The zero-order valence-corrected chi connectivity index (χ0v) is 19.4. The molecule has 0 aromatic heterocycles. The monoisotopic (exact) mass is 529 g/mol. The van der Waals surface area contributed by atoms with Gasteiger partial charge < -0.3 is 16.0 Å². The van der Waals surface area contributed by atoms with Gasteiger partial charge in [-0.15, -0.1) is 0 Å². The molecule has 0 saturated carbocycles. The molecule has 3 N–H and O–H groups in total. The molecule has 9 heteroatoms. The van der Waals surface area contributed by atoms with Crippen LogP contribution in [0.2, 0.25) is 0 Å². The number of nitrogens with one attached hydrogen (secondary N) is 3. The topological polar surface area (TPSA) is 53.2 Å². The Labute approximate surface area is 197 Å². The second-order valence-electron chi connectivity index (χ2n) is 6.08. The minimum atomic E-state index is -1.84. The Bertz CT molecular complexity index is 1050. The van der Waals surface area contributed by atoms with Crippen LogP contribution in [0.1, 0.15) is 10.4 Å². The fraction of sp³-hybridized carbons (Fsp3) is 0.100. The fourth-order valence-electron chi connectivity index (χ4n) is 2.70. The summed E-state index contributed by atoms with van der Waals surface area (Å²) in [7, 11) is 0. The zero-order valence-electron chi connectivity index (χ0n) is 14.8. The average Bonchev–Trinajstić information content (AvgIpc) is 2.66. The van der Waals surface area contributed by atoms with Gasteiger partial charge in [0, 0.05) is 15.7 Å². The molecule has 0 aliphatic carbocycles. The molecule has 0 aliphatic heterocycles. The Kier molecular flexibility index (Phi) is 7.24. The molecule has 29 heavy (non-hydrogen) atoms. The summed E-state index contributed by atoms with van der Waals surface area (Å²) < 4.78 is -0.962. The highest BCUT2D eigenvalue weighted by Gasteiger charge is 2.35. The van der Waals surface area contributed by atoms with Crippen LogP contribution in [0.15, 0.2) is 71.2 Å². The average molecular weight is 532 g/mol. The lowest BCUT2D eigenvalue weighted by Crippen LogP contribution is -2.56. The lowest BCUT2D eigenvalue weighted by atomic mass is 10.0. The summed E-state index contributed by atoms with van der Waals surface area (Å²) >= 11 is 26.9. The number of hydrogen-bond acceptors (Lipinski definition) is 2. The molecule has 0 radical (unpaired) electrons. The van der Waals surface area contributed by atoms with Gasteiger partial charge in [-0.1, -0.05) is 93.2 Å². The second-order valence-corrected chi connectivity index (χ2v) is 9.78. The highest BCUT2D eigenvalue weighted by molar-refractivity contribution is 9.10. The van der Waals surface area contributed by atoms with Crippen LogP contribution in [0.4, 0.5) is 5.69 Å². The largest absolute Gasteiger partial charge is 0.339 e. The number of thiocarbonyl (C=S) groups is 1. The van der Waals surface area contributed by atoms with Crippen molar-refractivity contribution in [2.24, 2.45) is 0 Å². The second kappa shape index (κ2) is 9.49. The van der Waals surface area contributed by atoms with E-state index in [1.807, 2.05) is 54.6 Å². The number of anilines is 1. The van der Waals surface area contributed by atoms with Crippen LogP contribution in [0.25, 0.3) is 10.8 Å². The predicted octanol–water partition coefficient (Wildman–Crippen LogP) is 6.02. The van der Waals surface area contributed by atoms with Crippen molar-refractivity contribution in [1.29, 1.82) is 0 Å². The van der Waals surface area contributed by atoms with E-state index in [0.29, 0.717) is 5.56 Å². The van der Waals surface area contributed by atoms with Crippen molar-refractivity contribution < 1.29 is 4.79 Å². The van der Waals surface area contributed by atoms with E-state index in [1.165, 1.54) is 0 Å². The molecule has 3 aromatic rings. The Hall–Kier alpha value is -1.57. The maximum absolute atomic E-state index is 12.9. The summed E-state index contributed by atoms with van der Waals surface area (Å²) in [4.78, 5) is 12.9. The predicted molar refractivity (Wildman–Crippen MR) is 129 cm³/mol. The molecule has 3 rings (SSSR count). The van der Waals surface area contributed by atoms with Gasteiger partial charge in [-0.2, -0.15) is 0 Å². The molecule has 0 bridgehead atoms. The Balaban J connectivity index is 1.77. The molecule has 3 aromatic carbocycles. The highest BCUT2D eigenvalue weighted by Crippen LogP contribution is 2.30. The van der Waals surface area contributed by atoms with E-state index in [1.54, 1.807) is 12.1 Å². The van der Waals surface area contributed by atoms with E-state index >= 15 is 0 Å². The molecule has 1 amide bonds. The molecule has 0 saturated heterocycles. The molecule has 0 fully saturated rings. The van der Waals surface area contributed by atoms with Gasteiger partial charge in [0.05, 0.1) is 0 Å². The van der Waals surface area contributed by atoms with Crippen LogP contribution in [-0.4, -0.2) is 21.0 Å². The number of rotatable bonds is 4. The molecule has 0 heterocycles. The number of alkyl halides is 3. The van der Waals surface area contributed by atoms with Gasteiger partial charge in [0.15, 0.2) is 5.11 Å². The van der Waals surface area contributed by atoms with Crippen molar-refractivity contribution >= 4 is 90.4 Å². The number of fused-ring (bicyclic) bond motifs is 1. The van der Waals surface area contributed by atoms with Crippen molar-refractivity contribution in [3.8, 4) is 0 Å². The fourth-order valence-corrected chi connectivity index (χ4v) is 3.66. The minimum absolute atomic E-state index is 0.192. The third kappa shape index (κ3) is 5.96. The van der Waals surface area contributed by atoms with Gasteiger partial charge in [-0.25, -0.2) is 0 Å². The minimum Gasteiger partial charge on any atom is -0.339 e. The van der Waals surface area contributed by atoms with Gasteiger partial charge in [0.25, 0.3) is 5.91 Å². The van der Waals surface area contributed by atoms with Crippen LogP contribution < -0.4 is 16.0 Å². The first-order valence-corrected chi connectivity index (χ1v) is 10.8. The molecular weight excluding hydrogens is 517 g/mol. The van der Waals surface area contributed by atoms with Crippen LogP contribution in [0.3, 0.4) is 0 Å². The maximum Gasteiger partial charge on any atom is 0.253 e. The SMILES string of the molecule is O=C(NC(NC(=S)Nc1cccc(Br)c1)C(Cl)(Cl)Cl)c1cccc2ccccc12. The van der Waals surface area contributed by atoms with Crippen molar-refractivity contribution in [3.63, 3.8) is 0 Å². The van der Waals surface area contributed by atoms with Gasteiger partial charge in [0.1, 0.15) is 6.17 Å². The summed E-state index contributed by atoms with van der Waals surface area (Å²) in [5, 5.41) is 10.5. The number of hydrogen-bond donors (Lipinski definition) is 3. The Morgan fingerprint density at radius 3 is 2.38 bits per heavy atom. The third-order valence-electron chi connectivity index (χ3n) is 3.99. The summed E-state index contributed by atoms with van der Waals surface area (Å²) in [5.74, 6) is -0.393. The summed E-state index contributed by atoms with van der Waals surface area (Å²) in [6, 6.07) is 20.4. The van der Waals surface area contributed by atoms with E-state index in [2.05, 4.69) is 31.9 Å². The number of carbonyl (C=O) groups is 1. The van der Waals surface area contributed by atoms with Crippen LogP contribution in [0.5, 0.6) is 0 Å². The van der Waals surface area contributed by atoms with Crippen molar-refractivity contribution in [2.75, 3.05) is 5.32 Å². The quantitative estimate of drug-likeness (QED) is 0.219. The van der Waals surface area contributed by atoms with Crippen LogP contribution in [-0.2, 0) is 0 Å². The molecule has 1 unspecified atom stereocenters. The standard InChI is InChI=1S/C20H15BrCl3N3OS/c21-13-7-4-8-14(11-13)25-19(29)27-18(20(22,23)24)26-17(28)16-10-3-6-12-5-1-2-9-15(12)16/h1-11,18H,(H,26,28)(H2,25,27,29). The molecule has 0 aliphatic rings. The number of benzene rings is 3. The molecule has 150 valence electrons. The smallest absolute Gasteiger partial charge is 0.253 e. The van der Waals surface area contributed by atoms with E-state index in [-0.39, 0.29) is 5.11 Å². The molecule has 0 spiro atoms. The first-order valence-electron chi connectivity index (χ1n) is 8.42. The van der Waals surface area contributed by atoms with E-state index < -0.39 is 15.9 Å². The van der Waals surface area contributed by atoms with Gasteiger partial charge >= 0.3 is 0 Å². The lowest BCUT2D eigenvalue weighted by Gasteiger charge is -2.28. The van der Waals surface area contributed by atoms with Gasteiger partial charge in [-0.05, 0) is 47.3 Å². The normalized spacial score (nSPS) is 12.3. The molecule has 1 atom stereocenters. The van der Waals surface area contributed by atoms with Crippen molar-refractivity contribution in [3.05, 3.63) is 76.8 Å². The molecular formula is C20H15BrCl3N3OS. The van der Waals surface area contributed by atoms with E-state index in [0.717, 1.165) is 20.9 Å². The van der Waals surface area contributed by atoms with Gasteiger partial charge in [-0.3, -0.25) is 4.79 Å². The van der Waals surface area contributed by atoms with Gasteiger partial charge in [0.2, 0.25) is 3.79 Å². The molecule has 4 nitrogen and oxygen atoms in total. The van der Waals surface area contributed by atoms with E-state index in [4.69, 9.17) is 47.0 Å². The third-order valence-corrected chi connectivity index (χ3v) is 5.36. The lowest BCUT2D eigenvalue weighted by molar-refractivity contribution is 0.0936. The summed E-state index contributed by atoms with van der Waals surface area (Å²) in [6.45, 7) is 0. The van der Waals surface area contributed by atoms with E-state index in [9.17, 15) is 4.79 Å². The first-order chi connectivity index (χ1) is 13.7. The number of amides is 1. The Morgan fingerprint density at radius 1 is 0.966 bits per heavy atom. The zero-order chi connectivity index (χ0) is 21.0. The number of halogens is 4. The van der Waals surface area contributed by atoms with Crippen molar-refractivity contribution in [1.82, 2.24) is 10.6 Å². The highest BCUT2D eigenvalue weighted by atomic mass is 79.9. The maximum atomic E-state index is 12.9. The van der Waals surface area contributed by atoms with Crippen LogP contribution in [0, 0.1) is 0 Å². The first kappa shape index (κ1) is 22.1. The number of carbonyl (C=O) groups excluding carboxylic acids is 1. The summed E-state index contributed by atoms with van der Waals surface area (Å²) in [5.41, 5.74) is 1.20. The Morgan fingerprint density at radius 2 is 1.66 bits per heavy atom. The van der Waals surface area contributed by atoms with Crippen LogP contribution >= 0.6 is 63.0 Å².